The molecule has 0 unspecified atom stereocenters. The van der Waals surface area contributed by atoms with E-state index in [1.54, 1.807) is 16.8 Å². The second-order valence-corrected chi connectivity index (χ2v) is 5.39. The van der Waals surface area contributed by atoms with Crippen molar-refractivity contribution < 1.29 is 0 Å². The van der Waals surface area contributed by atoms with Gasteiger partial charge in [-0.1, -0.05) is 11.6 Å². The molecule has 1 aromatic carbocycles. The number of hydrogen-bond acceptors (Lipinski definition) is 4. The van der Waals surface area contributed by atoms with Gasteiger partial charge in [-0.3, -0.25) is 14.2 Å². The molecule has 3 aromatic heterocycles. The van der Waals surface area contributed by atoms with Crippen LogP contribution in [-0.4, -0.2) is 14.4 Å². The molecular formula is C14H9N3OS. The fraction of sp³-hybridized carbons (Fsp3) is 0.0714. The van der Waals surface area contributed by atoms with Crippen LogP contribution in [0.25, 0.3) is 26.8 Å². The predicted octanol–water partition coefficient (Wildman–Crippen LogP) is 2.77. The summed E-state index contributed by atoms with van der Waals surface area (Å²) in [6.45, 7) is 2.02. The van der Waals surface area contributed by atoms with E-state index in [2.05, 4.69) is 9.97 Å². The number of benzene rings is 1. The molecule has 5 heteroatoms. The number of nitrogens with zero attached hydrogens (tertiary/aromatic N) is 3. The molecule has 3 heterocycles. The largest absolute Gasteiger partial charge is 0.268 e. The zero-order chi connectivity index (χ0) is 13.0. The lowest BCUT2D eigenvalue weighted by Crippen LogP contribution is -2.13. The third kappa shape index (κ3) is 1.42. The molecule has 0 bridgehead atoms. The third-order valence-electron chi connectivity index (χ3n) is 3.24. The van der Waals surface area contributed by atoms with Crippen LogP contribution in [0, 0.1) is 6.92 Å². The predicted molar refractivity (Wildman–Crippen MR) is 76.9 cm³/mol. The Kier molecular flexibility index (Phi) is 2.02. The van der Waals surface area contributed by atoms with Gasteiger partial charge in [0.2, 0.25) is 0 Å². The summed E-state index contributed by atoms with van der Waals surface area (Å²) >= 11 is 1.46. The van der Waals surface area contributed by atoms with Crippen LogP contribution in [-0.2, 0) is 0 Å². The van der Waals surface area contributed by atoms with Crippen molar-refractivity contribution >= 4 is 38.1 Å². The molecule has 4 aromatic rings. The highest BCUT2D eigenvalue weighted by atomic mass is 32.1. The van der Waals surface area contributed by atoms with Crippen LogP contribution in [0.15, 0.2) is 40.8 Å². The van der Waals surface area contributed by atoms with Crippen LogP contribution in [0.3, 0.4) is 0 Å². The van der Waals surface area contributed by atoms with Crippen molar-refractivity contribution in [3.05, 3.63) is 51.9 Å². The van der Waals surface area contributed by atoms with E-state index in [4.69, 9.17) is 0 Å². The van der Waals surface area contributed by atoms with Crippen LogP contribution < -0.4 is 5.56 Å². The molecule has 92 valence electrons. The summed E-state index contributed by atoms with van der Waals surface area (Å²) in [4.78, 5) is 22.0. The van der Waals surface area contributed by atoms with E-state index in [1.165, 1.54) is 11.3 Å². The van der Waals surface area contributed by atoms with Crippen molar-refractivity contribution in [2.24, 2.45) is 0 Å². The molecule has 19 heavy (non-hydrogen) atoms. The van der Waals surface area contributed by atoms with Crippen molar-refractivity contribution in [1.82, 2.24) is 14.4 Å². The van der Waals surface area contributed by atoms with Crippen LogP contribution >= 0.6 is 11.3 Å². The summed E-state index contributed by atoms with van der Waals surface area (Å²) in [6, 6.07) is 6.00. The van der Waals surface area contributed by atoms with Crippen molar-refractivity contribution in [1.29, 1.82) is 0 Å². The van der Waals surface area contributed by atoms with Gasteiger partial charge in [0.15, 0.2) is 4.96 Å². The lowest BCUT2D eigenvalue weighted by Gasteiger charge is -2.03. The van der Waals surface area contributed by atoms with E-state index in [-0.39, 0.29) is 5.56 Å². The van der Waals surface area contributed by atoms with Crippen molar-refractivity contribution in [2.45, 2.75) is 6.92 Å². The number of thiazole rings is 1. The Morgan fingerprint density at radius 2 is 2.16 bits per heavy atom. The highest BCUT2D eigenvalue weighted by Crippen LogP contribution is 2.22. The standard InChI is InChI=1S/C14H9N3OS/c1-8-2-3-11-9(6-8)12-10(7-15-11)13(18)17-4-5-19-14(17)16-12/h2-7H,1H3. The number of fused-ring (bicyclic) bond motifs is 4. The maximum Gasteiger partial charge on any atom is 0.267 e. The zero-order valence-corrected chi connectivity index (χ0v) is 10.9. The lowest BCUT2D eigenvalue weighted by molar-refractivity contribution is 1.11. The quantitative estimate of drug-likeness (QED) is 0.460. The van der Waals surface area contributed by atoms with Gasteiger partial charge in [-0.2, -0.15) is 0 Å². The van der Waals surface area contributed by atoms with Gasteiger partial charge in [-0.05, 0) is 19.1 Å². The van der Waals surface area contributed by atoms with Gasteiger partial charge in [0.1, 0.15) is 0 Å². The van der Waals surface area contributed by atoms with E-state index in [0.717, 1.165) is 22.0 Å². The third-order valence-corrected chi connectivity index (χ3v) is 4.00. The van der Waals surface area contributed by atoms with E-state index in [9.17, 15) is 4.79 Å². The Hall–Kier alpha value is -2.27. The van der Waals surface area contributed by atoms with E-state index >= 15 is 0 Å². The maximum absolute atomic E-state index is 12.4. The second-order valence-electron chi connectivity index (χ2n) is 4.51. The van der Waals surface area contributed by atoms with Crippen LogP contribution in [0.1, 0.15) is 5.56 Å². The SMILES string of the molecule is Cc1ccc2ncc3c(=O)n4ccsc4nc3c2c1. The average Bonchev–Trinajstić information content (AvgIpc) is 2.87. The molecule has 4 rings (SSSR count). The fourth-order valence-corrected chi connectivity index (χ4v) is 3.01. The van der Waals surface area contributed by atoms with E-state index in [0.29, 0.717) is 10.3 Å². The Morgan fingerprint density at radius 1 is 1.26 bits per heavy atom. The first-order valence-corrected chi connectivity index (χ1v) is 6.77. The molecule has 0 N–H and O–H groups in total. The summed E-state index contributed by atoms with van der Waals surface area (Å²) in [5.74, 6) is 0. The topological polar surface area (TPSA) is 47.3 Å². The molecule has 0 saturated heterocycles. The molecule has 0 saturated carbocycles. The molecule has 0 aliphatic heterocycles. The molecular weight excluding hydrogens is 258 g/mol. The minimum Gasteiger partial charge on any atom is -0.268 e. The average molecular weight is 267 g/mol. The van der Waals surface area contributed by atoms with Gasteiger partial charge in [0.25, 0.3) is 5.56 Å². The van der Waals surface area contributed by atoms with Gasteiger partial charge in [-0.15, -0.1) is 11.3 Å². The Morgan fingerprint density at radius 3 is 3.05 bits per heavy atom. The first kappa shape index (κ1) is 10.6. The summed E-state index contributed by atoms with van der Waals surface area (Å²) in [6.07, 6.45) is 3.36. The number of pyridine rings is 1. The molecule has 0 aliphatic carbocycles. The summed E-state index contributed by atoms with van der Waals surface area (Å²) in [5, 5.41) is 3.36. The highest BCUT2D eigenvalue weighted by Gasteiger charge is 2.10. The summed E-state index contributed by atoms with van der Waals surface area (Å²) in [5.41, 5.74) is 2.68. The normalized spacial score (nSPS) is 11.6. The lowest BCUT2D eigenvalue weighted by atomic mass is 10.1. The number of rotatable bonds is 0. The van der Waals surface area contributed by atoms with E-state index < -0.39 is 0 Å². The van der Waals surface area contributed by atoms with Gasteiger partial charge in [0.05, 0.1) is 16.4 Å². The van der Waals surface area contributed by atoms with Crippen LogP contribution in [0.5, 0.6) is 0 Å². The summed E-state index contributed by atoms with van der Waals surface area (Å²) in [7, 11) is 0. The Balaban J connectivity index is 2.35. The molecule has 0 amide bonds. The second kappa shape index (κ2) is 3.61. The van der Waals surface area contributed by atoms with Gasteiger partial charge < -0.3 is 0 Å². The number of hydrogen-bond donors (Lipinski definition) is 0. The molecule has 0 spiro atoms. The van der Waals surface area contributed by atoms with Crippen molar-refractivity contribution in [2.75, 3.05) is 0 Å². The van der Waals surface area contributed by atoms with Crippen molar-refractivity contribution in [3.8, 4) is 0 Å². The zero-order valence-electron chi connectivity index (χ0n) is 10.1. The monoisotopic (exact) mass is 267 g/mol. The summed E-state index contributed by atoms with van der Waals surface area (Å²) < 4.78 is 1.57. The Labute approximate surface area is 112 Å². The van der Waals surface area contributed by atoms with Crippen LogP contribution in [0.4, 0.5) is 0 Å². The molecule has 0 radical (unpaired) electrons. The fourth-order valence-electron chi connectivity index (χ4n) is 2.30. The molecule has 0 atom stereocenters. The van der Waals surface area contributed by atoms with E-state index in [1.807, 2.05) is 30.5 Å². The van der Waals surface area contributed by atoms with Gasteiger partial charge in [-0.25, -0.2) is 4.98 Å². The molecule has 0 fully saturated rings. The number of aryl methyl sites for hydroxylation is 1. The first-order valence-electron chi connectivity index (χ1n) is 5.89. The molecule has 0 aliphatic rings. The molecule has 4 nitrogen and oxygen atoms in total. The number of aromatic nitrogens is 3. The van der Waals surface area contributed by atoms with Gasteiger partial charge >= 0.3 is 0 Å². The highest BCUT2D eigenvalue weighted by molar-refractivity contribution is 7.15. The minimum absolute atomic E-state index is 0.0582. The Bertz CT molecular complexity index is 1000. The maximum atomic E-state index is 12.4. The van der Waals surface area contributed by atoms with Crippen molar-refractivity contribution in [3.63, 3.8) is 0 Å². The minimum atomic E-state index is -0.0582. The first-order chi connectivity index (χ1) is 9.24. The van der Waals surface area contributed by atoms with Crippen LogP contribution in [0.2, 0.25) is 0 Å². The smallest absolute Gasteiger partial charge is 0.267 e. The van der Waals surface area contributed by atoms with Gasteiger partial charge in [0, 0.05) is 23.2 Å².